The van der Waals surface area contributed by atoms with Crippen molar-refractivity contribution in [1.29, 1.82) is 0 Å². The van der Waals surface area contributed by atoms with Crippen molar-refractivity contribution in [1.82, 2.24) is 9.80 Å². The first kappa shape index (κ1) is 25.7. The summed E-state index contributed by atoms with van der Waals surface area (Å²) in [5.74, 6) is 0.689. The van der Waals surface area contributed by atoms with E-state index >= 15 is 0 Å². The second-order valence-electron chi connectivity index (χ2n) is 8.05. The van der Waals surface area contributed by atoms with E-state index in [-0.39, 0.29) is 6.04 Å². The summed E-state index contributed by atoms with van der Waals surface area (Å²) in [7, 11) is 5.96. The fourth-order valence-electron chi connectivity index (χ4n) is 3.91. The number of rotatable bonds is 10. The molecule has 0 saturated carbocycles. The van der Waals surface area contributed by atoms with E-state index < -0.39 is 11.9 Å². The number of hydrogen-bond acceptors (Lipinski definition) is 8. The van der Waals surface area contributed by atoms with Gasteiger partial charge in [-0.25, -0.2) is 9.59 Å². The summed E-state index contributed by atoms with van der Waals surface area (Å²) in [6.45, 7) is 1.16. The maximum atomic E-state index is 12.8. The van der Waals surface area contributed by atoms with Gasteiger partial charge in [0.25, 0.3) is 0 Å². The summed E-state index contributed by atoms with van der Waals surface area (Å²) in [6.07, 6.45) is 6.22. The van der Waals surface area contributed by atoms with Crippen LogP contribution in [0.25, 0.3) is 0 Å². The molecule has 0 saturated heterocycles. The normalized spacial score (nSPS) is 15.5. The van der Waals surface area contributed by atoms with Crippen LogP contribution < -0.4 is 9.47 Å². The van der Waals surface area contributed by atoms with Crippen LogP contribution >= 0.6 is 0 Å². The highest BCUT2D eigenvalue weighted by molar-refractivity contribution is 5.90. The van der Waals surface area contributed by atoms with Crippen molar-refractivity contribution in [3.63, 3.8) is 0 Å². The Morgan fingerprint density at radius 3 is 2.03 bits per heavy atom. The average Bonchev–Trinajstić information content (AvgIpc) is 2.91. The van der Waals surface area contributed by atoms with Gasteiger partial charge < -0.3 is 28.7 Å². The molecule has 1 aliphatic rings. The number of hydrogen-bond donors (Lipinski definition) is 0. The molecule has 35 heavy (non-hydrogen) atoms. The van der Waals surface area contributed by atoms with Crippen molar-refractivity contribution in [3.8, 4) is 11.5 Å². The van der Waals surface area contributed by atoms with Crippen molar-refractivity contribution in [2.45, 2.75) is 18.9 Å². The summed E-state index contributed by atoms with van der Waals surface area (Å²) < 4.78 is 20.4. The van der Waals surface area contributed by atoms with Gasteiger partial charge >= 0.3 is 11.9 Å². The van der Waals surface area contributed by atoms with Gasteiger partial charge in [-0.05, 0) is 48.2 Å². The minimum Gasteiger partial charge on any atom is -0.497 e. The zero-order valence-corrected chi connectivity index (χ0v) is 20.6. The highest BCUT2D eigenvalue weighted by atomic mass is 16.5. The number of carbonyl (C=O) groups is 2. The van der Waals surface area contributed by atoms with Crippen molar-refractivity contribution >= 4 is 11.9 Å². The molecule has 2 aromatic rings. The minimum absolute atomic E-state index is 0.325. The Morgan fingerprint density at radius 2 is 1.49 bits per heavy atom. The van der Waals surface area contributed by atoms with E-state index in [1.807, 2.05) is 64.5 Å². The number of methoxy groups -OCH3 is 4. The number of esters is 2. The van der Waals surface area contributed by atoms with Gasteiger partial charge in [-0.3, -0.25) is 0 Å². The van der Waals surface area contributed by atoms with Crippen LogP contribution in [0.1, 0.15) is 11.1 Å². The zero-order chi connectivity index (χ0) is 25.2. The molecule has 0 aromatic heterocycles. The topological polar surface area (TPSA) is 77.5 Å². The highest BCUT2D eigenvalue weighted by Crippen LogP contribution is 2.25. The van der Waals surface area contributed by atoms with Gasteiger partial charge in [-0.2, -0.15) is 0 Å². The molecule has 8 nitrogen and oxygen atoms in total. The third-order valence-electron chi connectivity index (χ3n) is 5.89. The van der Waals surface area contributed by atoms with E-state index in [4.69, 9.17) is 18.9 Å². The smallest absolute Gasteiger partial charge is 0.337 e. The standard InChI is InChI=1S/C27H32N2O6/c1-32-22-9-5-20(6-10-22)13-15-28-18-24(27(31)35-4)25(29(19-28)16-14-26(30)34-3)17-21-7-11-23(33-2)12-8-21/h5-12,14,16,18,25H,13,15,17,19H2,1-4H3/b16-14+. The largest absolute Gasteiger partial charge is 0.497 e. The third kappa shape index (κ3) is 7.02. The van der Waals surface area contributed by atoms with Crippen LogP contribution in [0.15, 0.2) is 72.6 Å². The molecule has 8 heteroatoms. The minimum atomic E-state index is -0.466. The van der Waals surface area contributed by atoms with Gasteiger partial charge in [-0.1, -0.05) is 24.3 Å². The molecule has 0 bridgehead atoms. The Balaban J connectivity index is 1.87. The number of nitrogens with zero attached hydrogens (tertiary/aromatic N) is 2. The molecule has 1 unspecified atom stereocenters. The summed E-state index contributed by atoms with van der Waals surface area (Å²) >= 11 is 0. The second kappa shape index (κ2) is 12.5. The molecule has 0 N–H and O–H groups in total. The molecular weight excluding hydrogens is 448 g/mol. The first-order chi connectivity index (χ1) is 17.0. The van der Waals surface area contributed by atoms with Crippen LogP contribution in [-0.2, 0) is 31.9 Å². The number of carbonyl (C=O) groups excluding carboxylic acids is 2. The second-order valence-corrected chi connectivity index (χ2v) is 8.05. The fourth-order valence-corrected chi connectivity index (χ4v) is 3.91. The summed E-state index contributed by atoms with van der Waals surface area (Å²) in [5.41, 5.74) is 2.68. The molecule has 3 rings (SSSR count). The predicted molar refractivity (Wildman–Crippen MR) is 132 cm³/mol. The molecule has 0 aliphatic carbocycles. The first-order valence-electron chi connectivity index (χ1n) is 11.3. The Hall–Kier alpha value is -3.94. The number of ether oxygens (including phenoxy) is 4. The maximum absolute atomic E-state index is 12.8. The SMILES string of the molecule is COC(=O)/C=C/N1CN(CCc2ccc(OC)cc2)C=C(C(=O)OC)C1Cc1ccc(OC)cc1. The van der Waals surface area contributed by atoms with E-state index in [0.29, 0.717) is 25.2 Å². The van der Waals surface area contributed by atoms with E-state index in [9.17, 15) is 9.59 Å². The Labute approximate surface area is 206 Å². The van der Waals surface area contributed by atoms with Crippen LogP contribution in [0, 0.1) is 0 Å². The summed E-state index contributed by atoms with van der Waals surface area (Å²) in [5, 5.41) is 0. The Bertz CT molecular complexity index is 1050. The molecule has 2 aromatic carbocycles. The average molecular weight is 481 g/mol. The fraction of sp³-hybridized carbons (Fsp3) is 0.333. The van der Waals surface area contributed by atoms with Crippen LogP contribution in [0.5, 0.6) is 11.5 Å². The molecule has 0 amide bonds. The van der Waals surface area contributed by atoms with Gasteiger partial charge in [0, 0.05) is 25.0 Å². The van der Waals surface area contributed by atoms with E-state index in [0.717, 1.165) is 29.0 Å². The Kier molecular flexibility index (Phi) is 9.17. The molecular formula is C27H32N2O6. The van der Waals surface area contributed by atoms with Crippen molar-refractivity contribution in [2.24, 2.45) is 0 Å². The van der Waals surface area contributed by atoms with Gasteiger partial charge in [0.2, 0.25) is 0 Å². The Morgan fingerprint density at radius 1 is 0.886 bits per heavy atom. The van der Waals surface area contributed by atoms with E-state index in [2.05, 4.69) is 0 Å². The van der Waals surface area contributed by atoms with E-state index in [1.54, 1.807) is 20.4 Å². The third-order valence-corrected chi connectivity index (χ3v) is 5.89. The summed E-state index contributed by atoms with van der Waals surface area (Å²) in [4.78, 5) is 28.6. The van der Waals surface area contributed by atoms with Crippen molar-refractivity contribution in [2.75, 3.05) is 41.7 Å². The molecule has 1 aliphatic heterocycles. The van der Waals surface area contributed by atoms with Gasteiger partial charge in [0.05, 0.1) is 46.7 Å². The van der Waals surface area contributed by atoms with Crippen LogP contribution in [0.4, 0.5) is 0 Å². The van der Waals surface area contributed by atoms with Crippen LogP contribution in [-0.4, -0.2) is 69.4 Å². The molecule has 186 valence electrons. The summed E-state index contributed by atoms with van der Waals surface area (Å²) in [6, 6.07) is 15.3. The molecule has 1 heterocycles. The first-order valence-corrected chi connectivity index (χ1v) is 11.3. The lowest BCUT2D eigenvalue weighted by molar-refractivity contribution is -0.137. The highest BCUT2D eigenvalue weighted by Gasteiger charge is 2.32. The van der Waals surface area contributed by atoms with Crippen LogP contribution in [0.2, 0.25) is 0 Å². The van der Waals surface area contributed by atoms with Crippen LogP contribution in [0.3, 0.4) is 0 Å². The lowest BCUT2D eigenvalue weighted by Gasteiger charge is -2.40. The lowest BCUT2D eigenvalue weighted by Crippen LogP contribution is -2.48. The molecule has 0 radical (unpaired) electrons. The molecule has 1 atom stereocenters. The molecule has 0 fully saturated rings. The maximum Gasteiger partial charge on any atom is 0.337 e. The van der Waals surface area contributed by atoms with Gasteiger partial charge in [0.15, 0.2) is 0 Å². The molecule has 0 spiro atoms. The lowest BCUT2D eigenvalue weighted by atomic mass is 9.96. The van der Waals surface area contributed by atoms with Gasteiger partial charge in [-0.15, -0.1) is 0 Å². The van der Waals surface area contributed by atoms with Gasteiger partial charge in [0.1, 0.15) is 11.5 Å². The van der Waals surface area contributed by atoms with Crippen molar-refractivity contribution in [3.05, 3.63) is 83.7 Å². The number of benzene rings is 2. The zero-order valence-electron chi connectivity index (χ0n) is 20.6. The van der Waals surface area contributed by atoms with E-state index in [1.165, 1.54) is 20.3 Å². The quantitative estimate of drug-likeness (QED) is 0.379. The van der Waals surface area contributed by atoms with Crippen molar-refractivity contribution < 1.29 is 28.5 Å². The monoisotopic (exact) mass is 480 g/mol. The predicted octanol–water partition coefficient (Wildman–Crippen LogP) is 3.18.